The maximum atomic E-state index is 13.5. The maximum absolute atomic E-state index is 13.5. The van der Waals surface area contributed by atoms with Crippen LogP contribution < -0.4 is 0 Å². The highest BCUT2D eigenvalue weighted by atomic mass is 16.7. The van der Waals surface area contributed by atoms with E-state index in [2.05, 4.69) is 38.7 Å². The fraction of sp³-hybridized carbons (Fsp3) is 0.857. The van der Waals surface area contributed by atoms with Crippen LogP contribution >= 0.6 is 0 Å². The first-order valence-electron chi connectivity index (χ1n) is 13.6. The van der Waals surface area contributed by atoms with Crippen molar-refractivity contribution in [3.05, 3.63) is 11.6 Å². The third-order valence-electron chi connectivity index (χ3n) is 11.0. The van der Waals surface area contributed by atoms with Crippen molar-refractivity contribution in [3.8, 4) is 0 Å². The molecule has 4 saturated carbocycles. The van der Waals surface area contributed by atoms with Crippen molar-refractivity contribution in [2.75, 3.05) is 19.7 Å². The Hall–Kier alpha value is -1.24. The molecule has 9 atom stereocenters. The smallest absolute Gasteiger partial charge is 0.315 e. The Bertz CT molecular complexity index is 912. The van der Waals surface area contributed by atoms with Crippen molar-refractivity contribution in [3.63, 3.8) is 0 Å². The molecule has 1 unspecified atom stereocenters. The first kappa shape index (κ1) is 23.2. The number of carboxylic acids is 1. The lowest BCUT2D eigenvalue weighted by Gasteiger charge is -2.58. The number of hydrogen-bond acceptors (Lipinski definition) is 5. The molecular formula is C28H41NO5. The molecule has 1 aliphatic heterocycles. The Morgan fingerprint density at radius 1 is 1.24 bits per heavy atom. The van der Waals surface area contributed by atoms with Gasteiger partial charge < -0.3 is 19.4 Å². The fourth-order valence-electron chi connectivity index (χ4n) is 9.65. The van der Waals surface area contributed by atoms with Crippen molar-refractivity contribution in [2.24, 2.45) is 45.8 Å². The van der Waals surface area contributed by atoms with Crippen LogP contribution in [0.1, 0.15) is 66.2 Å². The number of carbonyl (C=O) groups excluding carboxylic acids is 1. The van der Waals surface area contributed by atoms with Gasteiger partial charge in [0, 0.05) is 24.5 Å². The molecule has 4 bridgehead atoms. The molecule has 1 saturated heterocycles. The first-order chi connectivity index (χ1) is 16.2. The highest BCUT2D eigenvalue weighted by molar-refractivity contribution is 5.90. The molecular weight excluding hydrogens is 430 g/mol. The summed E-state index contributed by atoms with van der Waals surface area (Å²) in [6, 6.07) is 0.648. The second kappa shape index (κ2) is 7.63. The van der Waals surface area contributed by atoms with Gasteiger partial charge in [-0.25, -0.2) is 0 Å². The molecule has 188 valence electrons. The van der Waals surface area contributed by atoms with Crippen molar-refractivity contribution < 1.29 is 24.2 Å². The minimum Gasteiger partial charge on any atom is -0.481 e. The van der Waals surface area contributed by atoms with E-state index < -0.39 is 22.2 Å². The normalized spacial score (nSPS) is 49.9. The number of allylic oxidation sites excluding steroid dienone is 1. The highest BCUT2D eigenvalue weighted by Crippen LogP contribution is 2.82. The van der Waals surface area contributed by atoms with Crippen LogP contribution in [0.4, 0.5) is 0 Å². The van der Waals surface area contributed by atoms with E-state index in [9.17, 15) is 14.7 Å². The largest absolute Gasteiger partial charge is 0.481 e. The summed E-state index contributed by atoms with van der Waals surface area (Å²) in [5.41, 5.74) is -1.59. The van der Waals surface area contributed by atoms with Crippen LogP contribution in [0, 0.1) is 45.8 Å². The van der Waals surface area contributed by atoms with E-state index in [-0.39, 0.29) is 30.1 Å². The molecule has 0 aromatic heterocycles. The average molecular weight is 472 g/mol. The van der Waals surface area contributed by atoms with Crippen LogP contribution in [-0.4, -0.2) is 60.4 Å². The highest BCUT2D eigenvalue weighted by Gasteiger charge is 2.84. The van der Waals surface area contributed by atoms with Gasteiger partial charge in [0.25, 0.3) is 0 Å². The summed E-state index contributed by atoms with van der Waals surface area (Å²) < 4.78 is 12.8. The lowest BCUT2D eigenvalue weighted by molar-refractivity contribution is -0.237. The fourth-order valence-corrected chi connectivity index (χ4v) is 9.65. The van der Waals surface area contributed by atoms with Crippen molar-refractivity contribution >= 4 is 12.3 Å². The predicted octanol–water partition coefficient (Wildman–Crippen LogP) is 4.14. The number of carboxylic acid groups (broad SMARTS) is 1. The SMILES string of the molecule is CC(C)C1=C[C@H]2C[C@]3(C=O)[C@@H]4CC[C@@H](C)[C@H]4C[C@@]2(CO[C@H]2CN(C4CC4)C[C@@H](C)O2)C13C(=O)O. The van der Waals surface area contributed by atoms with E-state index in [1.54, 1.807) is 0 Å². The summed E-state index contributed by atoms with van der Waals surface area (Å²) in [6.07, 6.45) is 9.15. The first-order valence-corrected chi connectivity index (χ1v) is 13.6. The molecule has 6 aliphatic rings. The van der Waals surface area contributed by atoms with Gasteiger partial charge in [0.1, 0.15) is 11.7 Å². The van der Waals surface area contributed by atoms with E-state index in [4.69, 9.17) is 9.47 Å². The van der Waals surface area contributed by atoms with Gasteiger partial charge >= 0.3 is 5.97 Å². The maximum Gasteiger partial charge on any atom is 0.315 e. The van der Waals surface area contributed by atoms with E-state index in [1.807, 2.05) is 0 Å². The zero-order chi connectivity index (χ0) is 24.0. The van der Waals surface area contributed by atoms with Gasteiger partial charge in [0.05, 0.1) is 18.1 Å². The number of aliphatic carboxylic acids is 1. The van der Waals surface area contributed by atoms with Crippen LogP contribution in [0.15, 0.2) is 11.6 Å². The summed E-state index contributed by atoms with van der Waals surface area (Å²) in [4.78, 5) is 29.1. The molecule has 0 aromatic carbocycles. The third kappa shape index (κ3) is 2.74. The molecule has 0 aromatic rings. The minimum absolute atomic E-state index is 0.0737. The van der Waals surface area contributed by atoms with Gasteiger partial charge in [0.15, 0.2) is 6.29 Å². The predicted molar refractivity (Wildman–Crippen MR) is 127 cm³/mol. The Kier molecular flexibility index (Phi) is 5.20. The molecule has 6 rings (SSSR count). The average Bonchev–Trinajstić information content (AvgIpc) is 3.50. The second-order valence-electron chi connectivity index (χ2n) is 12.9. The van der Waals surface area contributed by atoms with Gasteiger partial charge in [-0.15, -0.1) is 0 Å². The van der Waals surface area contributed by atoms with Crippen molar-refractivity contribution in [2.45, 2.75) is 84.7 Å². The quantitative estimate of drug-likeness (QED) is 0.444. The number of carbonyl (C=O) groups is 2. The number of ether oxygens (including phenoxy) is 2. The molecule has 34 heavy (non-hydrogen) atoms. The molecule has 5 aliphatic carbocycles. The van der Waals surface area contributed by atoms with E-state index in [0.717, 1.165) is 44.2 Å². The van der Waals surface area contributed by atoms with Crippen LogP contribution in [0.3, 0.4) is 0 Å². The molecule has 6 nitrogen and oxygen atoms in total. The van der Waals surface area contributed by atoms with E-state index in [1.165, 1.54) is 12.8 Å². The summed E-state index contributed by atoms with van der Waals surface area (Å²) in [5, 5.41) is 11.1. The molecule has 1 heterocycles. The molecule has 0 amide bonds. The van der Waals surface area contributed by atoms with Gasteiger partial charge in [-0.1, -0.05) is 38.8 Å². The number of hydrogen-bond donors (Lipinski definition) is 1. The van der Waals surface area contributed by atoms with Crippen molar-refractivity contribution in [1.82, 2.24) is 4.90 Å². The van der Waals surface area contributed by atoms with E-state index in [0.29, 0.717) is 30.9 Å². The summed E-state index contributed by atoms with van der Waals surface area (Å²) in [6.45, 7) is 10.6. The van der Waals surface area contributed by atoms with Gasteiger partial charge in [-0.05, 0) is 68.6 Å². The van der Waals surface area contributed by atoms with Gasteiger partial charge in [0.2, 0.25) is 0 Å². The molecule has 0 spiro atoms. The minimum atomic E-state index is -1.16. The summed E-state index contributed by atoms with van der Waals surface area (Å²) in [5.74, 6) is 0.425. The van der Waals surface area contributed by atoms with Crippen LogP contribution in [-0.2, 0) is 19.1 Å². The number of nitrogens with zero attached hydrogens (tertiary/aromatic N) is 1. The summed E-state index contributed by atoms with van der Waals surface area (Å²) >= 11 is 0. The molecule has 6 heteroatoms. The molecule has 5 fully saturated rings. The third-order valence-corrected chi connectivity index (χ3v) is 11.0. The number of fused-ring (bicyclic) bond motifs is 2. The Morgan fingerprint density at radius 2 is 2.00 bits per heavy atom. The summed E-state index contributed by atoms with van der Waals surface area (Å²) in [7, 11) is 0. The van der Waals surface area contributed by atoms with Crippen LogP contribution in [0.25, 0.3) is 0 Å². The molecule has 0 radical (unpaired) electrons. The van der Waals surface area contributed by atoms with E-state index >= 15 is 0 Å². The number of morpholine rings is 1. The zero-order valence-corrected chi connectivity index (χ0v) is 21.2. The van der Waals surface area contributed by atoms with Crippen LogP contribution in [0.2, 0.25) is 0 Å². The number of rotatable bonds is 7. The van der Waals surface area contributed by atoms with Gasteiger partial charge in [-0.3, -0.25) is 9.69 Å². The Balaban J connectivity index is 1.40. The van der Waals surface area contributed by atoms with Crippen molar-refractivity contribution in [1.29, 1.82) is 0 Å². The monoisotopic (exact) mass is 471 g/mol. The number of aldehydes is 1. The zero-order valence-electron chi connectivity index (χ0n) is 21.2. The lowest BCUT2D eigenvalue weighted by Crippen LogP contribution is -2.64. The van der Waals surface area contributed by atoms with Crippen LogP contribution in [0.5, 0.6) is 0 Å². The standard InChI is InChI=1S/C28H41NO5/c1-16(2)23-9-19-10-26(14-30)22-8-5-17(3)21(22)11-27(19,28(23,26)25(31)32)15-33-24-13-29(20-6-7-20)12-18(4)34-24/h9,14,16-22,24H,5-8,10-13,15H2,1-4H3,(H,31,32)/t17-,18-,19+,21-,22-,24-,26+,27+,28?/m1/s1. The topological polar surface area (TPSA) is 76.1 Å². The second-order valence-corrected chi connectivity index (χ2v) is 12.9. The van der Waals surface area contributed by atoms with Gasteiger partial charge in [-0.2, -0.15) is 0 Å². The lowest BCUT2D eigenvalue weighted by atomic mass is 9.43. The Morgan fingerprint density at radius 3 is 2.65 bits per heavy atom. The Labute approximate surface area is 203 Å². The molecule has 1 N–H and O–H groups in total.